The first-order valence-electron chi connectivity index (χ1n) is 7.53. The van der Waals surface area contributed by atoms with E-state index in [1.165, 1.54) is 19.2 Å². The molecule has 25 heavy (non-hydrogen) atoms. The van der Waals surface area contributed by atoms with Gasteiger partial charge in [0.2, 0.25) is 0 Å². The van der Waals surface area contributed by atoms with Crippen LogP contribution in [0.5, 0.6) is 11.5 Å². The number of rotatable bonds is 7. The third-order valence-electron chi connectivity index (χ3n) is 3.60. The van der Waals surface area contributed by atoms with Crippen molar-refractivity contribution in [1.29, 1.82) is 0 Å². The van der Waals surface area contributed by atoms with Gasteiger partial charge in [-0.05, 0) is 37.3 Å². The Labute approximate surface area is 149 Å². The van der Waals surface area contributed by atoms with Gasteiger partial charge in [0.25, 0.3) is 11.7 Å². The molecule has 0 spiro atoms. The Kier molecular flexibility index (Phi) is 6.64. The lowest BCUT2D eigenvalue weighted by atomic mass is 10.1. The van der Waals surface area contributed by atoms with Crippen molar-refractivity contribution in [1.82, 2.24) is 5.32 Å². The SMILES string of the molecule is COc1ccc(OC)c([C@@H](C)NC(=O)c2ccccc2SC(F)F)c1. The number of methoxy groups -OCH3 is 2. The van der Waals surface area contributed by atoms with E-state index in [2.05, 4.69) is 5.32 Å². The second-order valence-electron chi connectivity index (χ2n) is 5.18. The highest BCUT2D eigenvalue weighted by atomic mass is 32.2. The van der Waals surface area contributed by atoms with Crippen molar-refractivity contribution in [3.63, 3.8) is 0 Å². The zero-order valence-electron chi connectivity index (χ0n) is 14.1. The van der Waals surface area contributed by atoms with Crippen LogP contribution in [0.2, 0.25) is 0 Å². The van der Waals surface area contributed by atoms with Crippen LogP contribution in [0.15, 0.2) is 47.4 Å². The smallest absolute Gasteiger partial charge is 0.288 e. The largest absolute Gasteiger partial charge is 0.497 e. The van der Waals surface area contributed by atoms with Crippen molar-refractivity contribution >= 4 is 17.7 Å². The van der Waals surface area contributed by atoms with E-state index in [0.717, 1.165) is 5.56 Å². The fourth-order valence-electron chi connectivity index (χ4n) is 2.38. The van der Waals surface area contributed by atoms with E-state index in [-0.39, 0.29) is 10.5 Å². The molecule has 0 unspecified atom stereocenters. The van der Waals surface area contributed by atoms with Gasteiger partial charge in [0.1, 0.15) is 11.5 Å². The number of ether oxygens (including phenoxy) is 2. The Bertz CT molecular complexity index is 740. The summed E-state index contributed by atoms with van der Waals surface area (Å²) in [7, 11) is 3.08. The lowest BCUT2D eigenvalue weighted by Crippen LogP contribution is -2.27. The van der Waals surface area contributed by atoms with Gasteiger partial charge in [0, 0.05) is 10.5 Å². The highest BCUT2D eigenvalue weighted by molar-refractivity contribution is 7.99. The number of amides is 1. The quantitative estimate of drug-likeness (QED) is 0.732. The molecule has 1 atom stereocenters. The molecule has 0 saturated carbocycles. The number of nitrogens with one attached hydrogen (secondary N) is 1. The second kappa shape index (κ2) is 8.71. The summed E-state index contributed by atoms with van der Waals surface area (Å²) in [6.45, 7) is 1.79. The predicted molar refractivity (Wildman–Crippen MR) is 93.7 cm³/mol. The molecular formula is C18H19F2NO3S. The molecule has 2 rings (SSSR count). The Balaban J connectivity index is 2.24. The van der Waals surface area contributed by atoms with E-state index < -0.39 is 17.7 Å². The normalized spacial score (nSPS) is 11.9. The first-order chi connectivity index (χ1) is 12.0. The van der Waals surface area contributed by atoms with Gasteiger partial charge in [-0.25, -0.2) is 0 Å². The number of carbonyl (C=O) groups excluding carboxylic acids is 1. The molecule has 0 radical (unpaired) electrons. The van der Waals surface area contributed by atoms with Gasteiger partial charge in [0.15, 0.2) is 0 Å². The number of benzene rings is 2. The van der Waals surface area contributed by atoms with Gasteiger partial charge in [-0.3, -0.25) is 4.79 Å². The number of alkyl halides is 2. The van der Waals surface area contributed by atoms with Crippen molar-refractivity contribution in [3.05, 3.63) is 53.6 Å². The van der Waals surface area contributed by atoms with E-state index in [1.54, 1.807) is 44.4 Å². The summed E-state index contributed by atoms with van der Waals surface area (Å²) in [4.78, 5) is 12.8. The lowest BCUT2D eigenvalue weighted by molar-refractivity contribution is 0.0936. The maximum atomic E-state index is 12.7. The van der Waals surface area contributed by atoms with E-state index in [4.69, 9.17) is 9.47 Å². The van der Waals surface area contributed by atoms with E-state index in [0.29, 0.717) is 23.3 Å². The zero-order chi connectivity index (χ0) is 18.4. The van der Waals surface area contributed by atoms with Crippen LogP contribution < -0.4 is 14.8 Å². The van der Waals surface area contributed by atoms with Crippen molar-refractivity contribution in [3.8, 4) is 11.5 Å². The molecule has 0 aliphatic rings. The van der Waals surface area contributed by atoms with Gasteiger partial charge in [-0.2, -0.15) is 8.78 Å². The molecule has 2 aromatic carbocycles. The molecule has 0 aromatic heterocycles. The molecule has 0 heterocycles. The molecule has 4 nitrogen and oxygen atoms in total. The number of hydrogen-bond acceptors (Lipinski definition) is 4. The zero-order valence-corrected chi connectivity index (χ0v) is 14.9. The van der Waals surface area contributed by atoms with Gasteiger partial charge < -0.3 is 14.8 Å². The van der Waals surface area contributed by atoms with Crippen LogP contribution in [-0.2, 0) is 0 Å². The van der Waals surface area contributed by atoms with E-state index in [9.17, 15) is 13.6 Å². The summed E-state index contributed by atoms with van der Waals surface area (Å²) in [5, 5.41) is 2.82. The maximum Gasteiger partial charge on any atom is 0.288 e. The molecule has 1 N–H and O–H groups in total. The molecule has 134 valence electrons. The summed E-state index contributed by atoms with van der Waals surface area (Å²) in [6, 6.07) is 11.2. The van der Waals surface area contributed by atoms with E-state index in [1.807, 2.05) is 0 Å². The number of hydrogen-bond donors (Lipinski definition) is 1. The third-order valence-corrected chi connectivity index (χ3v) is 4.39. The van der Waals surface area contributed by atoms with Gasteiger partial charge in [0.05, 0.1) is 25.8 Å². The Hall–Kier alpha value is -2.28. The van der Waals surface area contributed by atoms with Crippen molar-refractivity contribution in [2.24, 2.45) is 0 Å². The van der Waals surface area contributed by atoms with Crippen LogP contribution in [-0.4, -0.2) is 25.9 Å². The Morgan fingerprint density at radius 3 is 2.48 bits per heavy atom. The summed E-state index contributed by atoms with van der Waals surface area (Å²) in [5.74, 6) is -1.79. The molecule has 7 heteroatoms. The van der Waals surface area contributed by atoms with Gasteiger partial charge in [-0.15, -0.1) is 0 Å². The molecule has 0 aliphatic heterocycles. The van der Waals surface area contributed by atoms with Crippen LogP contribution in [0, 0.1) is 0 Å². The molecule has 0 saturated heterocycles. The number of halogens is 2. The van der Waals surface area contributed by atoms with Crippen LogP contribution in [0.25, 0.3) is 0 Å². The monoisotopic (exact) mass is 367 g/mol. The maximum absolute atomic E-state index is 12.7. The molecule has 2 aromatic rings. The molecule has 0 aliphatic carbocycles. The van der Waals surface area contributed by atoms with Crippen LogP contribution in [0.4, 0.5) is 8.78 Å². The number of carbonyl (C=O) groups is 1. The Morgan fingerprint density at radius 1 is 1.12 bits per heavy atom. The van der Waals surface area contributed by atoms with Crippen LogP contribution in [0.3, 0.4) is 0 Å². The second-order valence-corrected chi connectivity index (χ2v) is 6.21. The fraction of sp³-hybridized carbons (Fsp3) is 0.278. The van der Waals surface area contributed by atoms with Crippen molar-refractivity contribution in [2.75, 3.05) is 14.2 Å². The highest BCUT2D eigenvalue weighted by Gasteiger charge is 2.19. The minimum atomic E-state index is -2.59. The molecule has 0 fully saturated rings. The molecular weight excluding hydrogens is 348 g/mol. The summed E-state index contributed by atoms with van der Waals surface area (Å²) >= 11 is 0.351. The van der Waals surface area contributed by atoms with E-state index >= 15 is 0 Å². The fourth-order valence-corrected chi connectivity index (χ4v) is 3.02. The summed E-state index contributed by atoms with van der Waals surface area (Å²) < 4.78 is 35.9. The summed E-state index contributed by atoms with van der Waals surface area (Å²) in [5.41, 5.74) is 0.940. The highest BCUT2D eigenvalue weighted by Crippen LogP contribution is 2.31. The van der Waals surface area contributed by atoms with Crippen molar-refractivity contribution in [2.45, 2.75) is 23.6 Å². The lowest BCUT2D eigenvalue weighted by Gasteiger charge is -2.19. The first kappa shape index (κ1) is 19.1. The minimum absolute atomic E-state index is 0.210. The summed E-state index contributed by atoms with van der Waals surface area (Å²) in [6.07, 6.45) is 0. The van der Waals surface area contributed by atoms with Crippen LogP contribution >= 0.6 is 11.8 Å². The van der Waals surface area contributed by atoms with Gasteiger partial charge in [-0.1, -0.05) is 23.9 Å². The molecule has 0 bridgehead atoms. The van der Waals surface area contributed by atoms with Gasteiger partial charge >= 0.3 is 0 Å². The van der Waals surface area contributed by atoms with Crippen LogP contribution in [0.1, 0.15) is 28.9 Å². The topological polar surface area (TPSA) is 47.6 Å². The predicted octanol–water partition coefficient (Wildman–Crippen LogP) is 4.51. The standard InChI is InChI=1S/C18H19F2NO3S/c1-11(14-10-12(23-2)8-9-15(14)24-3)21-17(22)13-6-4-5-7-16(13)25-18(19)20/h4-11,18H,1-3H3,(H,21,22)/t11-/m1/s1. The van der Waals surface area contributed by atoms with Crippen molar-refractivity contribution < 1.29 is 23.0 Å². The first-order valence-corrected chi connectivity index (χ1v) is 8.40. The number of thioether (sulfide) groups is 1. The minimum Gasteiger partial charge on any atom is -0.497 e. The third kappa shape index (κ3) is 4.85. The Morgan fingerprint density at radius 2 is 1.84 bits per heavy atom. The molecule has 1 amide bonds. The average Bonchev–Trinajstić information content (AvgIpc) is 2.60. The average molecular weight is 367 g/mol.